The summed E-state index contributed by atoms with van der Waals surface area (Å²) in [4.78, 5) is 0. The minimum atomic E-state index is -5.19. The van der Waals surface area contributed by atoms with Gasteiger partial charge in [0.2, 0.25) is 5.75 Å². The van der Waals surface area contributed by atoms with Gasteiger partial charge in [-0.05, 0) is 55.4 Å². The third-order valence-corrected chi connectivity index (χ3v) is 5.74. The van der Waals surface area contributed by atoms with Crippen molar-refractivity contribution in [2.24, 2.45) is 0 Å². The van der Waals surface area contributed by atoms with E-state index in [0.29, 0.717) is 25.9 Å². The Hall–Kier alpha value is -2.55. The Balaban J connectivity index is 1.52. The number of hydrogen-bond acceptors (Lipinski definition) is 2. The molecule has 2 unspecified atom stereocenters. The van der Waals surface area contributed by atoms with Crippen molar-refractivity contribution in [1.82, 2.24) is 0 Å². The molecule has 0 radical (unpaired) electrons. The van der Waals surface area contributed by atoms with Gasteiger partial charge in [-0.3, -0.25) is 0 Å². The number of hydrogen-bond donors (Lipinski definition) is 0. The van der Waals surface area contributed by atoms with Crippen LogP contribution in [-0.4, -0.2) is 19.1 Å². The van der Waals surface area contributed by atoms with Crippen LogP contribution in [0.1, 0.15) is 61.6 Å². The molecule has 34 heavy (non-hydrogen) atoms. The third-order valence-electron chi connectivity index (χ3n) is 5.74. The van der Waals surface area contributed by atoms with E-state index in [9.17, 15) is 30.7 Å². The second kappa shape index (κ2) is 11.3. The number of alkyl halides is 3. The molecule has 1 saturated heterocycles. The quantitative estimate of drug-likeness (QED) is 0.348. The predicted molar refractivity (Wildman–Crippen MR) is 114 cm³/mol. The second-order valence-corrected chi connectivity index (χ2v) is 8.30. The van der Waals surface area contributed by atoms with Crippen LogP contribution < -0.4 is 4.74 Å². The van der Waals surface area contributed by atoms with Gasteiger partial charge < -0.3 is 9.47 Å². The molecule has 0 spiro atoms. The largest absolute Gasteiger partial charge is 0.573 e. The van der Waals surface area contributed by atoms with Crippen molar-refractivity contribution >= 4 is 5.83 Å². The smallest absolute Gasteiger partial charge is 0.399 e. The van der Waals surface area contributed by atoms with Gasteiger partial charge in [-0.1, -0.05) is 31.2 Å². The molecule has 2 atom stereocenters. The maximum atomic E-state index is 14.1. The average molecular weight is 490 g/mol. The second-order valence-electron chi connectivity index (χ2n) is 8.30. The van der Waals surface area contributed by atoms with Gasteiger partial charge in [0.25, 0.3) is 0 Å². The van der Waals surface area contributed by atoms with Crippen molar-refractivity contribution in [2.45, 2.75) is 63.8 Å². The first-order valence-electron chi connectivity index (χ1n) is 11.1. The maximum absolute atomic E-state index is 14.1. The highest BCUT2D eigenvalue weighted by molar-refractivity contribution is 5.61. The number of allylic oxidation sites excluding steroid dienone is 1. The first-order valence-corrected chi connectivity index (χ1v) is 11.1. The average Bonchev–Trinajstić information content (AvgIpc) is 2.79. The summed E-state index contributed by atoms with van der Waals surface area (Å²) in [6.07, 6.45) is -2.69. The molecule has 1 aliphatic heterocycles. The fourth-order valence-corrected chi connectivity index (χ4v) is 3.98. The molecule has 0 N–H and O–H groups in total. The lowest BCUT2D eigenvalue weighted by molar-refractivity contribution is -0.276. The number of rotatable bonds is 8. The molecule has 1 fully saturated rings. The lowest BCUT2D eigenvalue weighted by Crippen LogP contribution is -2.25. The summed E-state index contributed by atoms with van der Waals surface area (Å²) in [6, 6.07) is 8.24. The topological polar surface area (TPSA) is 18.5 Å². The molecule has 0 aromatic heterocycles. The standard InChI is InChI=1S/C25H25F7O2/c1-2-3-20(26)23(29)17-7-5-16(6-8-17)18-9-11-19(33-14-18)10-4-15-12-21(27)24(22(28)13-15)34-25(30,31)32/h5-8,12-13,18-19H,2-4,9-11,14H2,1H3/b23-20+. The first-order chi connectivity index (χ1) is 16.1. The van der Waals surface area contributed by atoms with Gasteiger partial charge in [0.1, 0.15) is 5.83 Å². The fraction of sp³-hybridized carbons (Fsp3) is 0.440. The number of halogens is 7. The molecular weight excluding hydrogens is 465 g/mol. The fourth-order valence-electron chi connectivity index (χ4n) is 3.98. The Morgan fingerprint density at radius 2 is 1.68 bits per heavy atom. The zero-order valence-corrected chi connectivity index (χ0v) is 18.5. The summed E-state index contributed by atoms with van der Waals surface area (Å²) in [5, 5.41) is 0. The van der Waals surface area contributed by atoms with E-state index in [1.165, 1.54) is 0 Å². The van der Waals surface area contributed by atoms with Gasteiger partial charge in [0.05, 0.1) is 12.7 Å². The van der Waals surface area contributed by atoms with E-state index in [4.69, 9.17) is 4.74 Å². The molecule has 2 nitrogen and oxygen atoms in total. The highest BCUT2D eigenvalue weighted by Crippen LogP contribution is 2.33. The van der Waals surface area contributed by atoms with Gasteiger partial charge in [-0.2, -0.15) is 0 Å². The van der Waals surface area contributed by atoms with Crippen LogP contribution in [0.25, 0.3) is 5.83 Å². The normalized spacial score (nSPS) is 19.6. The SMILES string of the molecule is CCC/C(F)=C(\F)c1ccc(C2CCC(CCc3cc(F)c(OC(F)(F)F)c(F)c3)OC2)cc1. The zero-order chi connectivity index (χ0) is 24.9. The van der Waals surface area contributed by atoms with Crippen LogP contribution in [0, 0.1) is 11.6 Å². The Morgan fingerprint density at radius 3 is 2.21 bits per heavy atom. The van der Waals surface area contributed by atoms with E-state index >= 15 is 0 Å². The van der Waals surface area contributed by atoms with Crippen LogP contribution in [0.2, 0.25) is 0 Å². The summed E-state index contributed by atoms with van der Waals surface area (Å²) < 4.78 is 102. The van der Waals surface area contributed by atoms with Crippen molar-refractivity contribution in [3.63, 3.8) is 0 Å². The highest BCUT2D eigenvalue weighted by Gasteiger charge is 2.34. The Kier molecular flexibility index (Phi) is 8.62. The van der Waals surface area contributed by atoms with E-state index < -0.39 is 35.4 Å². The van der Waals surface area contributed by atoms with Gasteiger partial charge in [0.15, 0.2) is 17.5 Å². The van der Waals surface area contributed by atoms with Crippen LogP contribution in [-0.2, 0) is 11.2 Å². The lowest BCUT2D eigenvalue weighted by Gasteiger charge is -2.29. The Bertz CT molecular complexity index is 968. The summed E-state index contributed by atoms with van der Waals surface area (Å²) in [5.41, 5.74) is 1.34. The maximum Gasteiger partial charge on any atom is 0.573 e. The van der Waals surface area contributed by atoms with Crippen LogP contribution in [0.15, 0.2) is 42.2 Å². The van der Waals surface area contributed by atoms with Gasteiger partial charge in [0, 0.05) is 17.9 Å². The van der Waals surface area contributed by atoms with Crippen molar-refractivity contribution in [3.8, 4) is 5.75 Å². The minimum Gasteiger partial charge on any atom is -0.399 e. The predicted octanol–water partition coefficient (Wildman–Crippen LogP) is 8.17. The van der Waals surface area contributed by atoms with Crippen LogP contribution in [0.5, 0.6) is 5.75 Å². The first kappa shape index (κ1) is 26.1. The van der Waals surface area contributed by atoms with E-state index in [1.807, 2.05) is 0 Å². The van der Waals surface area contributed by atoms with Crippen LogP contribution in [0.4, 0.5) is 30.7 Å². The molecule has 186 valence electrons. The van der Waals surface area contributed by atoms with Crippen molar-refractivity contribution in [3.05, 3.63) is 70.5 Å². The van der Waals surface area contributed by atoms with E-state index in [0.717, 1.165) is 24.1 Å². The van der Waals surface area contributed by atoms with E-state index in [1.54, 1.807) is 31.2 Å². The summed E-state index contributed by atoms with van der Waals surface area (Å²) >= 11 is 0. The molecule has 0 amide bonds. The lowest BCUT2D eigenvalue weighted by atomic mass is 9.89. The van der Waals surface area contributed by atoms with Gasteiger partial charge in [-0.15, -0.1) is 13.2 Å². The van der Waals surface area contributed by atoms with Gasteiger partial charge >= 0.3 is 6.36 Å². The molecule has 9 heteroatoms. The molecular formula is C25H25F7O2. The van der Waals surface area contributed by atoms with Gasteiger partial charge in [-0.25, -0.2) is 17.6 Å². The number of aryl methyl sites for hydroxylation is 1. The summed E-state index contributed by atoms with van der Waals surface area (Å²) in [6.45, 7) is 2.17. The molecule has 2 aromatic carbocycles. The molecule has 0 aliphatic carbocycles. The Morgan fingerprint density at radius 1 is 1.03 bits per heavy atom. The number of benzene rings is 2. The molecule has 0 bridgehead atoms. The van der Waals surface area contributed by atoms with Crippen molar-refractivity contribution in [2.75, 3.05) is 6.61 Å². The molecule has 1 aliphatic rings. The van der Waals surface area contributed by atoms with Crippen molar-refractivity contribution < 1.29 is 40.2 Å². The van der Waals surface area contributed by atoms with Crippen molar-refractivity contribution in [1.29, 1.82) is 0 Å². The molecule has 1 heterocycles. The molecule has 2 aromatic rings. The Labute approximate surface area is 193 Å². The van der Waals surface area contributed by atoms with Crippen LogP contribution >= 0.6 is 0 Å². The minimum absolute atomic E-state index is 0.0518. The summed E-state index contributed by atoms with van der Waals surface area (Å²) in [5.74, 6) is -5.84. The highest BCUT2D eigenvalue weighted by atomic mass is 19.4. The van der Waals surface area contributed by atoms with E-state index in [2.05, 4.69) is 4.74 Å². The third kappa shape index (κ3) is 6.98. The zero-order valence-electron chi connectivity index (χ0n) is 18.5. The summed E-state index contributed by atoms with van der Waals surface area (Å²) in [7, 11) is 0. The number of ether oxygens (including phenoxy) is 2. The molecule has 0 saturated carbocycles. The monoisotopic (exact) mass is 490 g/mol. The van der Waals surface area contributed by atoms with Crippen LogP contribution in [0.3, 0.4) is 0 Å². The van der Waals surface area contributed by atoms with E-state index in [-0.39, 0.29) is 36.0 Å². The molecule has 3 rings (SSSR count).